The molecule has 0 bridgehead atoms. The third-order valence-corrected chi connectivity index (χ3v) is 5.18. The summed E-state index contributed by atoms with van der Waals surface area (Å²) in [4.78, 5) is 18.4. The molecule has 25 heavy (non-hydrogen) atoms. The Morgan fingerprint density at radius 3 is 2.64 bits per heavy atom. The molecule has 4 rings (SSSR count). The summed E-state index contributed by atoms with van der Waals surface area (Å²) >= 11 is 6.14. The number of morpholine rings is 1. The lowest BCUT2D eigenvalue weighted by atomic mass is 9.93. The molecule has 0 aromatic carbocycles. The van der Waals surface area contributed by atoms with Crippen LogP contribution in [-0.4, -0.2) is 59.2 Å². The lowest BCUT2D eigenvalue weighted by Crippen LogP contribution is -2.37. The number of hydrogen-bond acceptors (Lipinski definition) is 6. The summed E-state index contributed by atoms with van der Waals surface area (Å²) in [5.74, 6) is 0.821. The molecule has 2 aromatic rings. The molecule has 0 unspecified atom stereocenters. The first kappa shape index (κ1) is 16.9. The zero-order valence-corrected chi connectivity index (χ0v) is 15.6. The molecule has 0 spiro atoms. The lowest BCUT2D eigenvalue weighted by molar-refractivity contribution is 0.122. The summed E-state index contributed by atoms with van der Waals surface area (Å²) in [6.07, 6.45) is 1.23. The minimum Gasteiger partial charge on any atom is -0.378 e. The first-order valence-electron chi connectivity index (χ1n) is 8.88. The second-order valence-corrected chi connectivity index (χ2v) is 8.05. The van der Waals surface area contributed by atoms with Crippen molar-refractivity contribution in [1.82, 2.24) is 19.9 Å². The molecule has 2 aromatic heterocycles. The number of ether oxygens (including phenoxy) is 1. The van der Waals surface area contributed by atoms with Crippen molar-refractivity contribution < 1.29 is 4.74 Å². The van der Waals surface area contributed by atoms with Gasteiger partial charge in [-0.2, -0.15) is 4.98 Å². The van der Waals surface area contributed by atoms with E-state index in [1.54, 1.807) is 0 Å². The molecule has 2 fully saturated rings. The van der Waals surface area contributed by atoms with Crippen LogP contribution in [0.15, 0.2) is 12.1 Å². The van der Waals surface area contributed by atoms with Crippen LogP contribution in [0.25, 0.3) is 11.0 Å². The minimum atomic E-state index is 0.268. The van der Waals surface area contributed by atoms with Crippen LogP contribution in [0.4, 0.5) is 5.82 Å². The molecule has 6 nitrogen and oxygen atoms in total. The van der Waals surface area contributed by atoms with E-state index in [1.807, 2.05) is 6.07 Å². The first-order valence-corrected chi connectivity index (χ1v) is 9.26. The van der Waals surface area contributed by atoms with Crippen molar-refractivity contribution in [2.75, 3.05) is 44.3 Å². The Morgan fingerprint density at radius 1 is 1.12 bits per heavy atom. The highest BCUT2D eigenvalue weighted by atomic mass is 35.5. The van der Waals surface area contributed by atoms with Crippen LogP contribution in [0.1, 0.15) is 26.0 Å². The molecule has 0 aliphatic carbocycles. The number of fused-ring (bicyclic) bond motifs is 1. The smallest absolute Gasteiger partial charge is 0.225 e. The number of nitrogens with zero attached hydrogens (tertiary/aromatic N) is 5. The van der Waals surface area contributed by atoms with Crippen LogP contribution in [-0.2, 0) is 11.3 Å². The average Bonchev–Trinajstić information content (AvgIpc) is 2.94. The Balaban J connectivity index is 1.65. The lowest BCUT2D eigenvalue weighted by Gasteiger charge is -2.28. The van der Waals surface area contributed by atoms with Crippen LogP contribution >= 0.6 is 11.6 Å². The quantitative estimate of drug-likeness (QED) is 0.783. The van der Waals surface area contributed by atoms with Crippen molar-refractivity contribution >= 4 is 28.5 Å². The van der Waals surface area contributed by atoms with E-state index in [0.717, 1.165) is 55.3 Å². The van der Waals surface area contributed by atoms with E-state index in [-0.39, 0.29) is 5.28 Å². The van der Waals surface area contributed by atoms with Crippen LogP contribution in [0.2, 0.25) is 5.28 Å². The number of halogens is 1. The summed E-state index contributed by atoms with van der Waals surface area (Å²) < 4.78 is 5.45. The molecule has 2 aliphatic rings. The molecule has 0 amide bonds. The SMILES string of the molecule is CC1(C)CCN(Cc2ccc3nc(Cl)nc(N4CCOCC4)c3n2)C1. The van der Waals surface area contributed by atoms with Gasteiger partial charge in [0.05, 0.1) is 24.4 Å². The summed E-state index contributed by atoms with van der Waals surface area (Å²) in [6.45, 7) is 10.8. The second-order valence-electron chi connectivity index (χ2n) is 7.71. The number of rotatable bonds is 3. The Bertz CT molecular complexity index is 775. The zero-order valence-electron chi connectivity index (χ0n) is 14.8. The normalized spacial score (nSPS) is 21.2. The van der Waals surface area contributed by atoms with Crippen LogP contribution in [0.3, 0.4) is 0 Å². The molecule has 0 saturated carbocycles. The summed E-state index contributed by atoms with van der Waals surface area (Å²) in [5.41, 5.74) is 3.09. The number of aromatic nitrogens is 3. The van der Waals surface area contributed by atoms with E-state index >= 15 is 0 Å². The van der Waals surface area contributed by atoms with E-state index in [1.165, 1.54) is 6.42 Å². The van der Waals surface area contributed by atoms with E-state index in [0.29, 0.717) is 18.6 Å². The second kappa shape index (κ2) is 6.67. The van der Waals surface area contributed by atoms with Gasteiger partial charge in [-0.05, 0) is 42.1 Å². The van der Waals surface area contributed by atoms with Gasteiger partial charge in [0.2, 0.25) is 5.28 Å². The largest absolute Gasteiger partial charge is 0.378 e. The fourth-order valence-electron chi connectivity index (χ4n) is 3.68. The molecule has 4 heterocycles. The van der Waals surface area contributed by atoms with Crippen molar-refractivity contribution in [2.24, 2.45) is 5.41 Å². The first-order chi connectivity index (χ1) is 12.0. The monoisotopic (exact) mass is 361 g/mol. The zero-order chi connectivity index (χ0) is 17.4. The minimum absolute atomic E-state index is 0.268. The molecule has 0 atom stereocenters. The molecule has 134 valence electrons. The van der Waals surface area contributed by atoms with Gasteiger partial charge in [-0.25, -0.2) is 9.97 Å². The van der Waals surface area contributed by atoms with Gasteiger partial charge in [0, 0.05) is 26.2 Å². The Kier molecular flexibility index (Phi) is 4.52. The van der Waals surface area contributed by atoms with Gasteiger partial charge >= 0.3 is 0 Å². The van der Waals surface area contributed by atoms with Crippen LogP contribution < -0.4 is 4.90 Å². The third kappa shape index (κ3) is 3.71. The van der Waals surface area contributed by atoms with E-state index in [9.17, 15) is 0 Å². The van der Waals surface area contributed by atoms with Gasteiger partial charge in [0.1, 0.15) is 5.52 Å². The van der Waals surface area contributed by atoms with Crippen molar-refractivity contribution in [3.05, 3.63) is 23.1 Å². The molecule has 2 saturated heterocycles. The van der Waals surface area contributed by atoms with Crippen LogP contribution in [0, 0.1) is 5.41 Å². The molecule has 7 heteroatoms. The van der Waals surface area contributed by atoms with Gasteiger partial charge < -0.3 is 9.64 Å². The molecular formula is C18H24ClN5O. The van der Waals surface area contributed by atoms with Crippen molar-refractivity contribution in [3.63, 3.8) is 0 Å². The fourth-order valence-corrected chi connectivity index (χ4v) is 3.85. The Hall–Kier alpha value is -1.50. The fraction of sp³-hybridized carbons (Fsp3) is 0.611. The summed E-state index contributed by atoms with van der Waals surface area (Å²) in [6, 6.07) is 4.07. The standard InChI is InChI=1S/C18H24ClN5O/c1-18(2)5-6-23(12-18)11-13-3-4-14-15(20-13)16(22-17(19)21-14)24-7-9-25-10-8-24/h3-4H,5-12H2,1-2H3. The van der Waals surface area contributed by atoms with Gasteiger partial charge in [-0.15, -0.1) is 0 Å². The topological polar surface area (TPSA) is 54.4 Å². The number of hydrogen-bond donors (Lipinski definition) is 0. The number of anilines is 1. The maximum absolute atomic E-state index is 6.14. The summed E-state index contributed by atoms with van der Waals surface area (Å²) in [5, 5.41) is 0.268. The summed E-state index contributed by atoms with van der Waals surface area (Å²) in [7, 11) is 0. The van der Waals surface area contributed by atoms with Gasteiger partial charge in [-0.1, -0.05) is 13.8 Å². The van der Waals surface area contributed by atoms with Crippen LogP contribution in [0.5, 0.6) is 0 Å². The van der Waals surface area contributed by atoms with E-state index < -0.39 is 0 Å². The predicted molar refractivity (Wildman–Crippen MR) is 99.1 cm³/mol. The molecular weight excluding hydrogens is 338 g/mol. The number of likely N-dealkylation sites (tertiary alicyclic amines) is 1. The third-order valence-electron chi connectivity index (χ3n) is 5.01. The van der Waals surface area contributed by atoms with E-state index in [4.69, 9.17) is 21.3 Å². The number of pyridine rings is 1. The van der Waals surface area contributed by atoms with Crippen molar-refractivity contribution in [3.8, 4) is 0 Å². The van der Waals surface area contributed by atoms with Crippen molar-refractivity contribution in [1.29, 1.82) is 0 Å². The van der Waals surface area contributed by atoms with E-state index in [2.05, 4.69) is 39.7 Å². The van der Waals surface area contributed by atoms with Crippen molar-refractivity contribution in [2.45, 2.75) is 26.8 Å². The highest BCUT2D eigenvalue weighted by Crippen LogP contribution is 2.30. The highest BCUT2D eigenvalue weighted by molar-refractivity contribution is 6.28. The Morgan fingerprint density at radius 2 is 1.92 bits per heavy atom. The Labute approximate surface area is 153 Å². The van der Waals surface area contributed by atoms with Gasteiger partial charge in [0.15, 0.2) is 5.82 Å². The molecule has 2 aliphatic heterocycles. The molecule has 0 N–H and O–H groups in total. The average molecular weight is 362 g/mol. The van der Waals surface area contributed by atoms with Gasteiger partial charge in [-0.3, -0.25) is 4.90 Å². The highest BCUT2D eigenvalue weighted by Gasteiger charge is 2.29. The predicted octanol–water partition coefficient (Wildman–Crippen LogP) is 2.75. The molecule has 0 radical (unpaired) electrons. The maximum Gasteiger partial charge on any atom is 0.225 e. The van der Waals surface area contributed by atoms with Gasteiger partial charge in [0.25, 0.3) is 0 Å². The maximum atomic E-state index is 6.14.